The second-order valence-corrected chi connectivity index (χ2v) is 4.30. The number of benzene rings is 1. The number of hydrogen-bond acceptors (Lipinski definition) is 4. The van der Waals surface area contributed by atoms with E-state index in [0.29, 0.717) is 28.2 Å². The fourth-order valence-corrected chi connectivity index (χ4v) is 1.68. The summed E-state index contributed by atoms with van der Waals surface area (Å²) in [5.41, 5.74) is 0. The molecule has 0 fully saturated rings. The molecule has 1 heterocycles. The van der Waals surface area contributed by atoms with Gasteiger partial charge in [-0.25, -0.2) is 9.67 Å². The third-order valence-corrected chi connectivity index (χ3v) is 3.01. The Morgan fingerprint density at radius 2 is 2.11 bits per heavy atom. The highest BCUT2D eigenvalue weighted by atomic mass is 35.5. The Bertz CT molecular complexity index is 531. The van der Waals surface area contributed by atoms with Gasteiger partial charge in [0.25, 0.3) is 0 Å². The first-order chi connectivity index (χ1) is 8.70. The van der Waals surface area contributed by atoms with Gasteiger partial charge in [-0.15, -0.1) is 0 Å². The Balaban J connectivity index is 2.02. The van der Waals surface area contributed by atoms with Crippen molar-refractivity contribution in [3.8, 4) is 5.75 Å². The third-order valence-electron chi connectivity index (χ3n) is 2.27. The lowest BCUT2D eigenvalue weighted by molar-refractivity contribution is 0.250. The zero-order chi connectivity index (χ0) is 13.0. The molecule has 0 aliphatic carbocycles. The highest BCUT2D eigenvalue weighted by molar-refractivity contribution is 6.42. The monoisotopic (exact) mass is 287 g/mol. The summed E-state index contributed by atoms with van der Waals surface area (Å²) in [5.74, 6) is 1.23. The van der Waals surface area contributed by atoms with Gasteiger partial charge in [0.15, 0.2) is 5.82 Å². The van der Waals surface area contributed by atoms with Crippen LogP contribution in [0.4, 0.5) is 0 Å². The van der Waals surface area contributed by atoms with E-state index < -0.39 is 0 Å². The van der Waals surface area contributed by atoms with Crippen LogP contribution in [-0.4, -0.2) is 26.5 Å². The maximum absolute atomic E-state index is 8.85. The van der Waals surface area contributed by atoms with Crippen molar-refractivity contribution in [3.05, 3.63) is 40.4 Å². The van der Waals surface area contributed by atoms with Crippen LogP contribution in [0.2, 0.25) is 10.0 Å². The highest BCUT2D eigenvalue weighted by Gasteiger charge is 2.06. The van der Waals surface area contributed by atoms with Gasteiger partial charge in [-0.1, -0.05) is 23.2 Å². The predicted molar refractivity (Wildman–Crippen MR) is 67.9 cm³/mol. The maximum atomic E-state index is 8.85. The molecule has 0 radical (unpaired) electrons. The summed E-state index contributed by atoms with van der Waals surface area (Å²) >= 11 is 11.7. The first-order valence-electron chi connectivity index (χ1n) is 5.26. The summed E-state index contributed by atoms with van der Waals surface area (Å²) < 4.78 is 7.11. The van der Waals surface area contributed by atoms with E-state index in [9.17, 15) is 0 Å². The molecule has 0 saturated heterocycles. The summed E-state index contributed by atoms with van der Waals surface area (Å²) in [6.07, 6.45) is 1.42. The molecule has 1 aromatic carbocycles. The largest absolute Gasteiger partial charge is 0.486 e. The van der Waals surface area contributed by atoms with Gasteiger partial charge in [-0.05, 0) is 12.1 Å². The number of aromatic nitrogens is 3. The van der Waals surface area contributed by atoms with Crippen LogP contribution in [0.1, 0.15) is 5.82 Å². The number of nitrogens with zero attached hydrogens (tertiary/aromatic N) is 3. The summed E-state index contributed by atoms with van der Waals surface area (Å²) in [5, 5.41) is 13.7. The molecule has 0 saturated carbocycles. The van der Waals surface area contributed by atoms with Gasteiger partial charge >= 0.3 is 0 Å². The predicted octanol–water partition coefficient (Wildman–Crippen LogP) is 2.16. The van der Waals surface area contributed by atoms with Crippen LogP contribution >= 0.6 is 23.2 Å². The molecular formula is C11H11Cl2N3O2. The SMILES string of the molecule is OCCn1ncnc1COc1ccc(Cl)c(Cl)c1. The van der Waals surface area contributed by atoms with E-state index in [-0.39, 0.29) is 13.2 Å². The molecule has 2 aromatic rings. The Kier molecular flexibility index (Phi) is 4.41. The summed E-state index contributed by atoms with van der Waals surface area (Å²) in [6, 6.07) is 5.02. The number of aliphatic hydroxyl groups excluding tert-OH is 1. The smallest absolute Gasteiger partial charge is 0.164 e. The van der Waals surface area contributed by atoms with Crippen molar-refractivity contribution in [2.75, 3.05) is 6.61 Å². The molecule has 1 aromatic heterocycles. The van der Waals surface area contributed by atoms with Crippen molar-refractivity contribution >= 4 is 23.2 Å². The van der Waals surface area contributed by atoms with Gasteiger partial charge < -0.3 is 9.84 Å². The van der Waals surface area contributed by atoms with Crippen LogP contribution in [-0.2, 0) is 13.2 Å². The lowest BCUT2D eigenvalue weighted by atomic mass is 10.3. The molecule has 2 rings (SSSR count). The molecule has 0 bridgehead atoms. The molecule has 96 valence electrons. The van der Waals surface area contributed by atoms with Gasteiger partial charge in [-0.2, -0.15) is 5.10 Å². The molecule has 0 aliphatic heterocycles. The van der Waals surface area contributed by atoms with Gasteiger partial charge in [0.1, 0.15) is 18.7 Å². The quantitative estimate of drug-likeness (QED) is 0.915. The first kappa shape index (κ1) is 13.1. The molecule has 0 unspecified atom stereocenters. The van der Waals surface area contributed by atoms with E-state index in [1.54, 1.807) is 22.9 Å². The second kappa shape index (κ2) is 6.04. The molecule has 1 N–H and O–H groups in total. The standard InChI is InChI=1S/C11H11Cl2N3O2/c12-9-2-1-8(5-10(9)13)18-6-11-14-7-15-16(11)3-4-17/h1-2,5,7,17H,3-4,6H2. The topological polar surface area (TPSA) is 60.2 Å². The average Bonchev–Trinajstić information content (AvgIpc) is 2.79. The molecule has 7 heteroatoms. The molecule has 0 atom stereocenters. The molecule has 18 heavy (non-hydrogen) atoms. The zero-order valence-electron chi connectivity index (χ0n) is 9.38. The Morgan fingerprint density at radius 3 is 2.83 bits per heavy atom. The lowest BCUT2D eigenvalue weighted by Crippen LogP contribution is -2.11. The van der Waals surface area contributed by atoms with E-state index in [1.165, 1.54) is 6.33 Å². The summed E-state index contributed by atoms with van der Waals surface area (Å²) in [4.78, 5) is 4.05. The van der Waals surface area contributed by atoms with Crippen molar-refractivity contribution in [2.45, 2.75) is 13.2 Å². The number of ether oxygens (including phenoxy) is 1. The Labute approximate surface area is 114 Å². The zero-order valence-corrected chi connectivity index (χ0v) is 10.9. The van der Waals surface area contributed by atoms with E-state index in [1.807, 2.05) is 0 Å². The van der Waals surface area contributed by atoms with Crippen molar-refractivity contribution in [2.24, 2.45) is 0 Å². The van der Waals surface area contributed by atoms with E-state index >= 15 is 0 Å². The van der Waals surface area contributed by atoms with Crippen molar-refractivity contribution in [1.29, 1.82) is 0 Å². The molecule has 5 nitrogen and oxygen atoms in total. The van der Waals surface area contributed by atoms with Crippen molar-refractivity contribution in [3.63, 3.8) is 0 Å². The van der Waals surface area contributed by atoms with Gasteiger partial charge in [-0.3, -0.25) is 0 Å². The summed E-state index contributed by atoms with van der Waals surface area (Å²) in [6.45, 7) is 0.640. The van der Waals surface area contributed by atoms with Gasteiger partial charge in [0, 0.05) is 6.07 Å². The fraction of sp³-hybridized carbons (Fsp3) is 0.273. The van der Waals surface area contributed by atoms with Crippen LogP contribution in [0.25, 0.3) is 0 Å². The molecular weight excluding hydrogens is 277 g/mol. The average molecular weight is 288 g/mol. The lowest BCUT2D eigenvalue weighted by Gasteiger charge is -2.07. The minimum absolute atomic E-state index is 0.00311. The van der Waals surface area contributed by atoms with Crippen molar-refractivity contribution < 1.29 is 9.84 Å². The molecule has 0 aliphatic rings. The van der Waals surface area contributed by atoms with Crippen molar-refractivity contribution in [1.82, 2.24) is 14.8 Å². The minimum Gasteiger partial charge on any atom is -0.486 e. The van der Waals surface area contributed by atoms with Gasteiger partial charge in [0.05, 0.1) is 23.2 Å². The Morgan fingerprint density at radius 1 is 1.28 bits per heavy atom. The number of aliphatic hydroxyl groups is 1. The fourth-order valence-electron chi connectivity index (χ4n) is 1.40. The molecule has 0 amide bonds. The highest BCUT2D eigenvalue weighted by Crippen LogP contribution is 2.26. The third kappa shape index (κ3) is 3.13. The van der Waals surface area contributed by atoms with Crippen LogP contribution in [0.15, 0.2) is 24.5 Å². The van der Waals surface area contributed by atoms with E-state index in [0.717, 1.165) is 0 Å². The number of hydrogen-bond donors (Lipinski definition) is 1. The normalized spacial score (nSPS) is 10.6. The second-order valence-electron chi connectivity index (χ2n) is 3.49. The Hall–Kier alpha value is -1.30. The molecule has 0 spiro atoms. The van der Waals surface area contributed by atoms with Crippen LogP contribution < -0.4 is 4.74 Å². The minimum atomic E-state index is 0.00311. The summed E-state index contributed by atoms with van der Waals surface area (Å²) in [7, 11) is 0. The van der Waals surface area contributed by atoms with Crippen LogP contribution in [0, 0.1) is 0 Å². The van der Waals surface area contributed by atoms with E-state index in [2.05, 4.69) is 10.1 Å². The van der Waals surface area contributed by atoms with Gasteiger partial charge in [0.2, 0.25) is 0 Å². The number of halogens is 2. The first-order valence-corrected chi connectivity index (χ1v) is 6.01. The van der Waals surface area contributed by atoms with Crippen LogP contribution in [0.3, 0.4) is 0 Å². The maximum Gasteiger partial charge on any atom is 0.164 e. The van der Waals surface area contributed by atoms with Crippen LogP contribution in [0.5, 0.6) is 5.75 Å². The van der Waals surface area contributed by atoms with E-state index in [4.69, 9.17) is 33.0 Å². The number of rotatable bonds is 5.